The van der Waals surface area contributed by atoms with Crippen LogP contribution in [0.4, 0.5) is 0 Å². The number of hydrogen-bond donors (Lipinski definition) is 0. The minimum atomic E-state index is 0.299. The molecular weight excluding hydrogens is 274 g/mol. The summed E-state index contributed by atoms with van der Waals surface area (Å²) < 4.78 is 7.21. The molecule has 0 aliphatic carbocycles. The van der Waals surface area contributed by atoms with Gasteiger partial charge in [0.25, 0.3) is 0 Å². The van der Waals surface area contributed by atoms with Crippen LogP contribution in [0.25, 0.3) is 5.00 Å². The van der Waals surface area contributed by atoms with Crippen molar-refractivity contribution in [3.8, 4) is 11.0 Å². The second-order valence-corrected chi connectivity index (χ2v) is 5.64. The minimum absolute atomic E-state index is 0.299. The summed E-state index contributed by atoms with van der Waals surface area (Å²) in [5.41, 5.74) is 1.73. The molecule has 0 aliphatic heterocycles. The van der Waals surface area contributed by atoms with Gasteiger partial charge in [-0.3, -0.25) is 0 Å². The highest BCUT2D eigenvalue weighted by Crippen LogP contribution is 2.18. The highest BCUT2D eigenvalue weighted by Gasteiger charge is 2.06. The van der Waals surface area contributed by atoms with Gasteiger partial charge in [-0.15, -0.1) is 16.4 Å². The van der Waals surface area contributed by atoms with E-state index in [1.54, 1.807) is 28.4 Å². The van der Waals surface area contributed by atoms with Gasteiger partial charge in [0.05, 0.1) is 6.20 Å². The summed E-state index contributed by atoms with van der Waals surface area (Å²) in [6.45, 7) is 4.29. The lowest BCUT2D eigenvalue weighted by Crippen LogP contribution is -1.99. The van der Waals surface area contributed by atoms with E-state index in [-0.39, 0.29) is 0 Å². The van der Waals surface area contributed by atoms with Gasteiger partial charge in [0, 0.05) is 17.3 Å². The van der Waals surface area contributed by atoms with Crippen molar-refractivity contribution < 1.29 is 4.74 Å². The fourth-order valence-corrected chi connectivity index (χ4v) is 2.40. The zero-order valence-corrected chi connectivity index (χ0v) is 12.0. The Balaban J connectivity index is 1.67. The maximum Gasteiger partial charge on any atom is 0.316 e. The number of thiophene rings is 1. The van der Waals surface area contributed by atoms with E-state index in [0.717, 1.165) is 16.3 Å². The minimum Gasteiger partial charge on any atom is -0.457 e. The summed E-state index contributed by atoms with van der Waals surface area (Å²) in [7, 11) is 0. The first-order valence-corrected chi connectivity index (χ1v) is 6.92. The van der Waals surface area contributed by atoms with Crippen LogP contribution in [0.5, 0.6) is 6.01 Å². The Kier molecular flexibility index (Phi) is 3.42. The summed E-state index contributed by atoms with van der Waals surface area (Å²) in [4.78, 5) is 9.39. The molecule has 0 radical (unpaired) electrons. The first kappa shape index (κ1) is 12.7. The van der Waals surface area contributed by atoms with E-state index in [0.29, 0.717) is 12.6 Å². The number of hydrogen-bond acceptors (Lipinski definition) is 6. The lowest BCUT2D eigenvalue weighted by Gasteiger charge is -2.00. The van der Waals surface area contributed by atoms with Gasteiger partial charge in [0.15, 0.2) is 0 Å². The van der Waals surface area contributed by atoms with Crippen LogP contribution in [0.1, 0.15) is 16.1 Å². The molecule has 0 fully saturated rings. The van der Waals surface area contributed by atoms with E-state index in [2.05, 4.69) is 33.3 Å². The Morgan fingerprint density at radius 3 is 2.70 bits per heavy atom. The van der Waals surface area contributed by atoms with Crippen LogP contribution < -0.4 is 4.74 Å². The van der Waals surface area contributed by atoms with Crippen LogP contribution in [0, 0.1) is 13.8 Å². The van der Waals surface area contributed by atoms with Crippen LogP contribution in [-0.2, 0) is 6.61 Å². The van der Waals surface area contributed by atoms with Crippen molar-refractivity contribution in [1.29, 1.82) is 0 Å². The van der Waals surface area contributed by atoms with Gasteiger partial charge in [-0.2, -0.15) is 0 Å². The van der Waals surface area contributed by atoms with Crippen LogP contribution in [0.2, 0.25) is 0 Å². The molecule has 6 nitrogen and oxygen atoms in total. The lowest BCUT2D eigenvalue weighted by atomic mass is 10.4. The standard InChI is InChI=1S/C13H13N5OS/c1-9-5-14-13(15-6-9)19-8-11-7-18(17-16-11)12-4-3-10(2)20-12/h3-7H,8H2,1-2H3. The smallest absolute Gasteiger partial charge is 0.316 e. The van der Waals surface area contributed by atoms with Gasteiger partial charge in [-0.25, -0.2) is 14.6 Å². The third kappa shape index (κ3) is 2.83. The van der Waals surface area contributed by atoms with E-state index in [1.165, 1.54) is 4.88 Å². The Hall–Kier alpha value is -2.28. The quantitative estimate of drug-likeness (QED) is 0.736. The van der Waals surface area contributed by atoms with Gasteiger partial charge < -0.3 is 4.74 Å². The maximum absolute atomic E-state index is 5.47. The lowest BCUT2D eigenvalue weighted by molar-refractivity contribution is 0.276. The third-order valence-electron chi connectivity index (χ3n) is 2.60. The fraction of sp³-hybridized carbons (Fsp3) is 0.231. The second kappa shape index (κ2) is 5.38. The van der Waals surface area contributed by atoms with Gasteiger partial charge in [0.1, 0.15) is 17.3 Å². The molecule has 0 N–H and O–H groups in total. The number of rotatable bonds is 4. The van der Waals surface area contributed by atoms with Gasteiger partial charge in [-0.05, 0) is 31.5 Å². The summed E-state index contributed by atoms with van der Waals surface area (Å²) in [5, 5.41) is 9.19. The third-order valence-corrected chi connectivity index (χ3v) is 3.59. The van der Waals surface area contributed by atoms with Crippen molar-refractivity contribution in [3.05, 3.63) is 46.9 Å². The maximum atomic E-state index is 5.47. The average molecular weight is 287 g/mol. The van der Waals surface area contributed by atoms with Crippen molar-refractivity contribution in [3.63, 3.8) is 0 Å². The first-order chi connectivity index (χ1) is 9.70. The number of aryl methyl sites for hydroxylation is 2. The summed E-state index contributed by atoms with van der Waals surface area (Å²) in [6.07, 6.45) is 5.28. The Morgan fingerprint density at radius 1 is 1.20 bits per heavy atom. The highest BCUT2D eigenvalue weighted by atomic mass is 32.1. The van der Waals surface area contributed by atoms with Crippen LogP contribution >= 0.6 is 11.3 Å². The summed E-state index contributed by atoms with van der Waals surface area (Å²) in [5.74, 6) is 0. The van der Waals surface area contributed by atoms with E-state index in [1.807, 2.05) is 19.2 Å². The van der Waals surface area contributed by atoms with E-state index in [4.69, 9.17) is 4.74 Å². The number of ether oxygens (including phenoxy) is 1. The van der Waals surface area contributed by atoms with Crippen LogP contribution in [0.3, 0.4) is 0 Å². The predicted molar refractivity (Wildman–Crippen MR) is 75.1 cm³/mol. The summed E-state index contributed by atoms with van der Waals surface area (Å²) >= 11 is 1.67. The normalized spacial score (nSPS) is 10.7. The van der Waals surface area contributed by atoms with Crippen molar-refractivity contribution in [2.45, 2.75) is 20.5 Å². The largest absolute Gasteiger partial charge is 0.457 e. The second-order valence-electron chi connectivity index (χ2n) is 4.37. The molecule has 0 unspecified atom stereocenters. The van der Waals surface area contributed by atoms with E-state index in [9.17, 15) is 0 Å². The molecule has 0 amide bonds. The molecule has 7 heteroatoms. The fourth-order valence-electron chi connectivity index (χ4n) is 1.61. The SMILES string of the molecule is Cc1cnc(OCc2cn(-c3ccc(C)s3)nn2)nc1. The van der Waals surface area contributed by atoms with Crippen molar-refractivity contribution in [2.24, 2.45) is 0 Å². The molecule has 0 saturated heterocycles. The first-order valence-electron chi connectivity index (χ1n) is 6.10. The molecule has 20 heavy (non-hydrogen) atoms. The zero-order valence-electron chi connectivity index (χ0n) is 11.1. The van der Waals surface area contributed by atoms with Gasteiger partial charge in [0.2, 0.25) is 0 Å². The molecule has 3 heterocycles. The van der Waals surface area contributed by atoms with E-state index >= 15 is 0 Å². The molecule has 0 bridgehead atoms. The molecule has 0 aliphatic rings. The number of aromatic nitrogens is 5. The highest BCUT2D eigenvalue weighted by molar-refractivity contribution is 7.14. The molecule has 3 rings (SSSR count). The molecule has 0 spiro atoms. The van der Waals surface area contributed by atoms with Crippen molar-refractivity contribution in [2.75, 3.05) is 0 Å². The molecule has 0 aromatic carbocycles. The molecular formula is C13H13N5OS. The Labute approximate surface area is 120 Å². The molecule has 0 saturated carbocycles. The predicted octanol–water partition coefficient (Wildman–Crippen LogP) is 2.31. The summed E-state index contributed by atoms with van der Waals surface area (Å²) in [6, 6.07) is 4.41. The molecule has 3 aromatic rings. The molecule has 0 atom stereocenters. The monoisotopic (exact) mass is 287 g/mol. The van der Waals surface area contributed by atoms with Crippen LogP contribution in [0.15, 0.2) is 30.7 Å². The van der Waals surface area contributed by atoms with Gasteiger partial charge in [-0.1, -0.05) is 5.21 Å². The number of nitrogens with zero attached hydrogens (tertiary/aromatic N) is 5. The topological polar surface area (TPSA) is 65.7 Å². The molecule has 102 valence electrons. The zero-order chi connectivity index (χ0) is 13.9. The van der Waals surface area contributed by atoms with E-state index < -0.39 is 0 Å². The Morgan fingerprint density at radius 2 is 2.00 bits per heavy atom. The van der Waals surface area contributed by atoms with Crippen molar-refractivity contribution in [1.82, 2.24) is 25.0 Å². The van der Waals surface area contributed by atoms with Gasteiger partial charge >= 0.3 is 6.01 Å². The average Bonchev–Trinajstić information content (AvgIpc) is 3.07. The van der Waals surface area contributed by atoms with Crippen molar-refractivity contribution >= 4 is 11.3 Å². The molecule has 3 aromatic heterocycles. The van der Waals surface area contributed by atoms with Crippen LogP contribution in [-0.4, -0.2) is 25.0 Å². The Bertz CT molecular complexity index is 704.